The Morgan fingerprint density at radius 1 is 1.27 bits per heavy atom. The van der Waals surface area contributed by atoms with Crippen LogP contribution in [0.4, 0.5) is 13.2 Å². The molecule has 0 aromatic rings. The van der Waals surface area contributed by atoms with Gasteiger partial charge in [0.15, 0.2) is 0 Å². The molecular formula is C8H13F3. The Hall–Kier alpha value is -0.470. The molecule has 0 aliphatic carbocycles. The predicted octanol–water partition coefficient (Wildman–Crippen LogP) is 3.54. The van der Waals surface area contributed by atoms with Gasteiger partial charge in [0.1, 0.15) is 0 Å². The maximum absolute atomic E-state index is 11.8. The van der Waals surface area contributed by atoms with E-state index < -0.39 is 12.1 Å². The van der Waals surface area contributed by atoms with Gasteiger partial charge in [-0.1, -0.05) is 26.0 Å². The largest absolute Gasteiger partial charge is 0.391 e. The Morgan fingerprint density at radius 2 is 1.82 bits per heavy atom. The Labute approximate surface area is 65.1 Å². The quantitative estimate of drug-likeness (QED) is 0.562. The molecule has 0 aliphatic rings. The van der Waals surface area contributed by atoms with Gasteiger partial charge in [-0.2, -0.15) is 13.2 Å². The number of halogens is 3. The first-order valence-corrected chi connectivity index (χ1v) is 3.70. The van der Waals surface area contributed by atoms with Crippen LogP contribution in [0.5, 0.6) is 0 Å². The molecule has 66 valence electrons. The molecule has 0 saturated carbocycles. The van der Waals surface area contributed by atoms with Crippen LogP contribution in [-0.2, 0) is 0 Å². The summed E-state index contributed by atoms with van der Waals surface area (Å²) in [6.07, 6.45) is 0.181. The molecule has 0 amide bonds. The van der Waals surface area contributed by atoms with E-state index in [4.69, 9.17) is 0 Å². The van der Waals surface area contributed by atoms with Crippen molar-refractivity contribution in [2.45, 2.75) is 32.9 Å². The van der Waals surface area contributed by atoms with Crippen LogP contribution in [0.1, 0.15) is 26.7 Å². The molecule has 1 atom stereocenters. The summed E-state index contributed by atoms with van der Waals surface area (Å²) in [7, 11) is 0. The number of hydrogen-bond acceptors (Lipinski definition) is 0. The molecule has 0 heterocycles. The summed E-state index contributed by atoms with van der Waals surface area (Å²) in [6.45, 7) is 3.09. The van der Waals surface area contributed by atoms with Crippen LogP contribution in [0, 0.1) is 5.92 Å². The highest BCUT2D eigenvalue weighted by molar-refractivity contribution is 4.83. The minimum atomic E-state index is -4.04. The average molecular weight is 166 g/mol. The van der Waals surface area contributed by atoms with Gasteiger partial charge in [0.05, 0.1) is 5.92 Å². The summed E-state index contributed by atoms with van der Waals surface area (Å²) in [5, 5.41) is 0. The van der Waals surface area contributed by atoms with Crippen molar-refractivity contribution < 1.29 is 13.2 Å². The van der Waals surface area contributed by atoms with Gasteiger partial charge in [0.2, 0.25) is 0 Å². The zero-order valence-corrected chi connectivity index (χ0v) is 6.78. The fourth-order valence-corrected chi connectivity index (χ4v) is 0.601. The first-order valence-electron chi connectivity index (χ1n) is 3.70. The molecule has 0 bridgehead atoms. The molecule has 1 unspecified atom stereocenters. The Kier molecular flexibility index (Phi) is 4.23. The monoisotopic (exact) mass is 166 g/mol. The second kappa shape index (κ2) is 4.42. The van der Waals surface area contributed by atoms with Gasteiger partial charge in [-0.3, -0.25) is 0 Å². The lowest BCUT2D eigenvalue weighted by atomic mass is 10.1. The third kappa shape index (κ3) is 4.87. The molecule has 0 N–H and O–H groups in total. The van der Waals surface area contributed by atoms with Crippen LogP contribution >= 0.6 is 0 Å². The predicted molar refractivity (Wildman–Crippen MR) is 39.3 cm³/mol. The van der Waals surface area contributed by atoms with Crippen LogP contribution in [-0.4, -0.2) is 6.18 Å². The van der Waals surface area contributed by atoms with E-state index in [0.29, 0.717) is 0 Å². The van der Waals surface area contributed by atoms with Crippen molar-refractivity contribution in [3.8, 4) is 0 Å². The van der Waals surface area contributed by atoms with Crippen molar-refractivity contribution in [3.63, 3.8) is 0 Å². The summed E-state index contributed by atoms with van der Waals surface area (Å²) < 4.78 is 35.5. The Balaban J connectivity index is 3.69. The molecule has 0 aromatic carbocycles. The zero-order chi connectivity index (χ0) is 8.91. The zero-order valence-electron chi connectivity index (χ0n) is 6.78. The SMILES string of the molecule is CCC=CCC(C)C(F)(F)F. The lowest BCUT2D eigenvalue weighted by Gasteiger charge is -2.12. The van der Waals surface area contributed by atoms with Gasteiger partial charge < -0.3 is 0 Å². The molecule has 0 radical (unpaired) electrons. The second-order valence-electron chi connectivity index (χ2n) is 2.56. The minimum absolute atomic E-state index is 0.0946. The third-order valence-corrected chi connectivity index (χ3v) is 1.45. The van der Waals surface area contributed by atoms with Crippen molar-refractivity contribution >= 4 is 0 Å². The first kappa shape index (κ1) is 10.5. The summed E-state index contributed by atoms with van der Waals surface area (Å²) in [4.78, 5) is 0. The van der Waals surface area contributed by atoms with E-state index in [9.17, 15) is 13.2 Å². The van der Waals surface area contributed by atoms with Gasteiger partial charge in [-0.05, 0) is 12.8 Å². The minimum Gasteiger partial charge on any atom is -0.171 e. The number of allylic oxidation sites excluding steroid dienone is 2. The van der Waals surface area contributed by atoms with Crippen LogP contribution in [0.2, 0.25) is 0 Å². The Morgan fingerprint density at radius 3 is 2.18 bits per heavy atom. The van der Waals surface area contributed by atoms with Crippen molar-refractivity contribution in [2.75, 3.05) is 0 Å². The van der Waals surface area contributed by atoms with Gasteiger partial charge in [0.25, 0.3) is 0 Å². The van der Waals surface area contributed by atoms with Gasteiger partial charge in [-0.15, -0.1) is 0 Å². The number of rotatable bonds is 3. The molecule has 0 spiro atoms. The standard InChI is InChI=1S/C8H13F3/c1-3-4-5-6-7(2)8(9,10)11/h4-5,7H,3,6H2,1-2H3. The first-order chi connectivity index (χ1) is 4.98. The van der Waals surface area contributed by atoms with Crippen LogP contribution in [0.15, 0.2) is 12.2 Å². The van der Waals surface area contributed by atoms with Gasteiger partial charge in [0, 0.05) is 0 Å². The molecule has 0 rings (SSSR count). The second-order valence-corrected chi connectivity index (χ2v) is 2.56. The number of hydrogen-bond donors (Lipinski definition) is 0. The summed E-state index contributed by atoms with van der Waals surface area (Å²) in [6, 6.07) is 0. The molecule has 0 saturated heterocycles. The molecule has 3 heteroatoms. The summed E-state index contributed by atoms with van der Waals surface area (Å²) in [5.74, 6) is -1.22. The lowest BCUT2D eigenvalue weighted by molar-refractivity contribution is -0.168. The molecular weight excluding hydrogens is 153 g/mol. The smallest absolute Gasteiger partial charge is 0.171 e. The van der Waals surface area contributed by atoms with Crippen molar-refractivity contribution in [2.24, 2.45) is 5.92 Å². The maximum Gasteiger partial charge on any atom is 0.391 e. The van der Waals surface area contributed by atoms with E-state index in [-0.39, 0.29) is 6.42 Å². The average Bonchev–Trinajstić information content (AvgIpc) is 1.86. The van der Waals surface area contributed by atoms with E-state index >= 15 is 0 Å². The van der Waals surface area contributed by atoms with Gasteiger partial charge in [-0.25, -0.2) is 0 Å². The molecule has 0 aromatic heterocycles. The highest BCUT2D eigenvalue weighted by atomic mass is 19.4. The number of alkyl halides is 3. The van der Waals surface area contributed by atoms with Crippen molar-refractivity contribution in [1.82, 2.24) is 0 Å². The van der Waals surface area contributed by atoms with Crippen molar-refractivity contribution in [3.05, 3.63) is 12.2 Å². The van der Waals surface area contributed by atoms with E-state index in [2.05, 4.69) is 0 Å². The molecule has 0 fully saturated rings. The normalized spacial score (nSPS) is 15.7. The topological polar surface area (TPSA) is 0 Å². The van der Waals surface area contributed by atoms with Gasteiger partial charge >= 0.3 is 6.18 Å². The highest BCUT2D eigenvalue weighted by Crippen LogP contribution is 2.28. The van der Waals surface area contributed by atoms with Crippen LogP contribution in [0.25, 0.3) is 0 Å². The van der Waals surface area contributed by atoms with Crippen molar-refractivity contribution in [1.29, 1.82) is 0 Å². The molecule has 11 heavy (non-hydrogen) atoms. The third-order valence-electron chi connectivity index (χ3n) is 1.45. The van der Waals surface area contributed by atoms with E-state index in [0.717, 1.165) is 6.42 Å². The molecule has 0 nitrogen and oxygen atoms in total. The fourth-order valence-electron chi connectivity index (χ4n) is 0.601. The maximum atomic E-state index is 11.8. The van der Waals surface area contributed by atoms with E-state index in [1.54, 1.807) is 12.2 Å². The fraction of sp³-hybridized carbons (Fsp3) is 0.750. The molecule has 0 aliphatic heterocycles. The van der Waals surface area contributed by atoms with Crippen LogP contribution in [0.3, 0.4) is 0 Å². The van der Waals surface area contributed by atoms with E-state index in [1.807, 2.05) is 6.92 Å². The van der Waals surface area contributed by atoms with E-state index in [1.165, 1.54) is 6.92 Å². The summed E-state index contributed by atoms with van der Waals surface area (Å²) >= 11 is 0. The summed E-state index contributed by atoms with van der Waals surface area (Å²) in [5.41, 5.74) is 0. The Bertz CT molecular complexity index is 124. The highest BCUT2D eigenvalue weighted by Gasteiger charge is 2.34. The lowest BCUT2D eigenvalue weighted by Crippen LogP contribution is -2.18. The van der Waals surface area contributed by atoms with Crippen LogP contribution < -0.4 is 0 Å².